The van der Waals surface area contributed by atoms with Crippen molar-refractivity contribution >= 4 is 28.4 Å². The average molecular weight is 200 g/mol. The molecule has 2 heteroatoms. The van der Waals surface area contributed by atoms with E-state index in [1.807, 2.05) is 0 Å². The van der Waals surface area contributed by atoms with Gasteiger partial charge in [0.25, 0.3) is 0 Å². The Bertz CT molecular complexity index is 72.1. The number of halogens is 1. The van der Waals surface area contributed by atoms with Crippen LogP contribution in [0.1, 0.15) is 14.7 Å². The summed E-state index contributed by atoms with van der Waals surface area (Å²) in [4.78, 5) is 10.3. The standard InChI is InChI=1S/C4H7IO/c1-2-4(6)3-5/h2-3H2,1H3/i3T. The second kappa shape index (κ2) is 3.59. The Kier molecular flexibility index (Phi) is 2.72. The number of hydrogen-bond donors (Lipinski definition) is 0. The van der Waals surface area contributed by atoms with Crippen molar-refractivity contribution in [3.8, 4) is 0 Å². The molecule has 0 aliphatic carbocycles. The van der Waals surface area contributed by atoms with E-state index >= 15 is 0 Å². The smallest absolute Gasteiger partial charge is 0.142 e. The number of carbonyl (C=O) groups is 1. The number of alkyl halides is 1. The summed E-state index contributed by atoms with van der Waals surface area (Å²) in [6.07, 6.45) is 0.483. The summed E-state index contributed by atoms with van der Waals surface area (Å²) in [5.41, 5.74) is 0. The average Bonchev–Trinajstić information content (AvgIpc) is 1.65. The maximum atomic E-state index is 10.3. The Hall–Kier alpha value is 0.400. The van der Waals surface area contributed by atoms with Gasteiger partial charge in [-0.05, 0) is 0 Å². The summed E-state index contributed by atoms with van der Waals surface area (Å²) >= 11 is 1.79. The number of Topliss-reactive ketones (excluding diaryl/α,β-unsaturated/α-hetero) is 1. The van der Waals surface area contributed by atoms with E-state index in [9.17, 15) is 4.79 Å². The Morgan fingerprint density at radius 3 is 2.67 bits per heavy atom. The molecule has 0 aromatic carbocycles. The highest BCUT2D eigenvalue weighted by Gasteiger charge is 1.88. The second-order valence-corrected chi connectivity index (χ2v) is 1.55. The molecule has 1 atom stereocenters. The fourth-order valence-corrected chi connectivity index (χ4v) is 0.518. The Morgan fingerprint density at radius 1 is 2.17 bits per heavy atom. The molecule has 0 spiro atoms. The van der Waals surface area contributed by atoms with Gasteiger partial charge >= 0.3 is 0 Å². The van der Waals surface area contributed by atoms with Gasteiger partial charge in [0.15, 0.2) is 0 Å². The molecule has 0 aliphatic heterocycles. The van der Waals surface area contributed by atoms with Gasteiger partial charge < -0.3 is 0 Å². The van der Waals surface area contributed by atoms with Crippen molar-refractivity contribution in [1.29, 1.82) is 0 Å². The molecule has 0 aliphatic rings. The maximum Gasteiger partial charge on any atom is 0.142 e. The van der Waals surface area contributed by atoms with Crippen molar-refractivity contribution in [2.24, 2.45) is 0 Å². The molecule has 0 N–H and O–H groups in total. The molecule has 0 radical (unpaired) electrons. The number of rotatable bonds is 2. The van der Waals surface area contributed by atoms with E-state index in [1.54, 1.807) is 29.5 Å². The minimum atomic E-state index is -0.553. The van der Waals surface area contributed by atoms with Crippen LogP contribution in [-0.4, -0.2) is 10.2 Å². The van der Waals surface area contributed by atoms with Crippen LogP contribution >= 0.6 is 22.6 Å². The van der Waals surface area contributed by atoms with Crippen LogP contribution in [0.25, 0.3) is 0 Å². The van der Waals surface area contributed by atoms with Crippen LogP contribution in [0.15, 0.2) is 0 Å². The summed E-state index contributed by atoms with van der Waals surface area (Å²) < 4.78 is 6.27. The van der Waals surface area contributed by atoms with Gasteiger partial charge in [-0.1, -0.05) is 29.5 Å². The molecule has 0 aromatic heterocycles. The first-order valence-electron chi connectivity index (χ1n) is 2.35. The van der Waals surface area contributed by atoms with Crippen LogP contribution in [0.3, 0.4) is 0 Å². The highest BCUT2D eigenvalue weighted by atomic mass is 127. The number of hydrogen-bond acceptors (Lipinski definition) is 1. The largest absolute Gasteiger partial charge is 0.299 e. The van der Waals surface area contributed by atoms with E-state index in [1.165, 1.54) is 0 Å². The minimum absolute atomic E-state index is 0.000556. The molecule has 0 fully saturated rings. The number of carbonyl (C=O) groups excluding carboxylic acids is 1. The van der Waals surface area contributed by atoms with E-state index in [-0.39, 0.29) is 5.78 Å². The second-order valence-electron chi connectivity index (χ2n) is 0.929. The van der Waals surface area contributed by atoms with Gasteiger partial charge in [0, 0.05) is 7.79 Å². The third-order valence-corrected chi connectivity index (χ3v) is 1.16. The Balaban J connectivity index is 3.35. The SMILES string of the molecule is [3H]C(I)C(=O)CC. The topological polar surface area (TPSA) is 17.1 Å². The molecule has 0 bridgehead atoms. The molecule has 0 aromatic rings. The first-order valence-corrected chi connectivity index (χ1v) is 3.02. The van der Waals surface area contributed by atoms with Crippen molar-refractivity contribution in [2.45, 2.75) is 13.3 Å². The van der Waals surface area contributed by atoms with Gasteiger partial charge in [0.05, 0.1) is 4.40 Å². The first-order chi connectivity index (χ1) is 3.18. The van der Waals surface area contributed by atoms with Gasteiger partial charge in [0.1, 0.15) is 5.78 Å². The predicted molar refractivity (Wildman–Crippen MR) is 34.2 cm³/mol. The van der Waals surface area contributed by atoms with Gasteiger partial charge in [0.2, 0.25) is 0 Å². The third-order valence-electron chi connectivity index (χ3n) is 0.470. The van der Waals surface area contributed by atoms with Gasteiger partial charge in [-0.2, -0.15) is 0 Å². The van der Waals surface area contributed by atoms with Gasteiger partial charge in [-0.25, -0.2) is 0 Å². The number of ketones is 1. The normalized spacial score (nSPS) is 16.0. The Labute approximate surface area is 52.7 Å². The molecule has 0 saturated carbocycles. The van der Waals surface area contributed by atoms with Crippen LogP contribution in [0.5, 0.6) is 0 Å². The van der Waals surface area contributed by atoms with Gasteiger partial charge in [-0.15, -0.1) is 0 Å². The first kappa shape index (κ1) is 4.56. The lowest BCUT2D eigenvalue weighted by Gasteiger charge is -1.79. The lowest BCUT2D eigenvalue weighted by molar-refractivity contribution is -0.116. The molecular formula is C4H7IO. The molecule has 1 nitrogen and oxygen atoms in total. The molecule has 0 amide bonds. The monoisotopic (exact) mass is 200 g/mol. The Morgan fingerprint density at radius 2 is 2.67 bits per heavy atom. The van der Waals surface area contributed by atoms with Crippen molar-refractivity contribution < 1.29 is 6.17 Å². The summed E-state index contributed by atoms with van der Waals surface area (Å²) in [5.74, 6) is 0.000556. The van der Waals surface area contributed by atoms with Crippen molar-refractivity contribution in [3.63, 3.8) is 0 Å². The van der Waals surface area contributed by atoms with E-state index in [2.05, 4.69) is 0 Å². The molecule has 1 unspecified atom stereocenters. The fraction of sp³-hybridized carbons (Fsp3) is 0.750. The minimum Gasteiger partial charge on any atom is -0.299 e. The van der Waals surface area contributed by atoms with E-state index < -0.39 is 4.40 Å². The molecule has 6 heavy (non-hydrogen) atoms. The quantitative estimate of drug-likeness (QED) is 0.486. The van der Waals surface area contributed by atoms with E-state index in [0.29, 0.717) is 6.42 Å². The van der Waals surface area contributed by atoms with E-state index in [4.69, 9.17) is 1.37 Å². The maximum absolute atomic E-state index is 10.3. The van der Waals surface area contributed by atoms with Crippen LogP contribution < -0.4 is 0 Å². The molecule has 0 heterocycles. The molecule has 0 saturated heterocycles. The van der Waals surface area contributed by atoms with E-state index in [0.717, 1.165) is 0 Å². The summed E-state index contributed by atoms with van der Waals surface area (Å²) in [7, 11) is 0. The highest BCUT2D eigenvalue weighted by Crippen LogP contribution is 1.85. The fourth-order valence-electron chi connectivity index (χ4n) is 0.0772. The van der Waals surface area contributed by atoms with Crippen molar-refractivity contribution in [3.05, 3.63) is 0 Å². The molecular weight excluding hydrogens is 191 g/mol. The molecule has 36 valence electrons. The van der Waals surface area contributed by atoms with Crippen LogP contribution in [0.4, 0.5) is 0 Å². The molecule has 0 rings (SSSR count). The van der Waals surface area contributed by atoms with Crippen LogP contribution in [-0.2, 0) is 4.79 Å². The van der Waals surface area contributed by atoms with Crippen LogP contribution in [0, 0.1) is 0 Å². The van der Waals surface area contributed by atoms with Crippen LogP contribution in [0.2, 0.25) is 0 Å². The van der Waals surface area contributed by atoms with Gasteiger partial charge in [-0.3, -0.25) is 4.79 Å². The van der Waals surface area contributed by atoms with Crippen molar-refractivity contribution in [1.82, 2.24) is 0 Å². The van der Waals surface area contributed by atoms with Crippen molar-refractivity contribution in [2.75, 3.05) is 4.40 Å². The predicted octanol–water partition coefficient (Wildman–Crippen LogP) is 1.40. The lowest BCUT2D eigenvalue weighted by Crippen LogP contribution is -1.92. The summed E-state index contributed by atoms with van der Waals surface area (Å²) in [6.45, 7) is 1.77. The summed E-state index contributed by atoms with van der Waals surface area (Å²) in [6, 6.07) is 0. The zero-order chi connectivity index (χ0) is 5.86. The highest BCUT2D eigenvalue weighted by molar-refractivity contribution is 14.1. The summed E-state index contributed by atoms with van der Waals surface area (Å²) in [5, 5.41) is 0. The zero-order valence-electron chi connectivity index (χ0n) is 4.57. The third kappa shape index (κ3) is 2.63. The lowest BCUT2D eigenvalue weighted by atomic mass is 10.4. The zero-order valence-corrected chi connectivity index (χ0v) is 5.73.